The maximum atomic E-state index is 5.45. The monoisotopic (exact) mass is 316 g/mol. The van der Waals surface area contributed by atoms with E-state index >= 15 is 0 Å². The van der Waals surface area contributed by atoms with Crippen molar-refractivity contribution in [2.45, 2.75) is 30.8 Å². The van der Waals surface area contributed by atoms with E-state index in [2.05, 4.69) is 17.6 Å². The summed E-state index contributed by atoms with van der Waals surface area (Å²) in [5.41, 5.74) is 0. The molecule has 0 atom stereocenters. The summed E-state index contributed by atoms with van der Waals surface area (Å²) in [4.78, 5) is 0. The van der Waals surface area contributed by atoms with Crippen molar-refractivity contribution in [3.8, 4) is 0 Å². The van der Waals surface area contributed by atoms with E-state index in [9.17, 15) is 0 Å². The van der Waals surface area contributed by atoms with Crippen molar-refractivity contribution in [3.05, 3.63) is 0 Å². The van der Waals surface area contributed by atoms with E-state index in [0.29, 0.717) is 4.58 Å². The van der Waals surface area contributed by atoms with Gasteiger partial charge in [-0.1, -0.05) is 28.5 Å². The number of nitrogens with one attached hydrogen (secondary N) is 2. The average molecular weight is 317 g/mol. The molecule has 4 nitrogen and oxygen atoms in total. The summed E-state index contributed by atoms with van der Waals surface area (Å²) >= 11 is 0. The smallest absolute Gasteiger partial charge is 0.0734 e. The van der Waals surface area contributed by atoms with Gasteiger partial charge in [-0.3, -0.25) is 10.3 Å². The Bertz CT molecular complexity index is 147. The number of rotatable bonds is 13. The highest BCUT2D eigenvalue weighted by Crippen LogP contribution is 2.37. The van der Waals surface area contributed by atoms with Gasteiger partial charge in [0.05, 0.1) is 4.58 Å². The molecule has 0 amide bonds. The Kier molecular flexibility index (Phi) is 16.4. The molecule has 0 aromatic rings. The van der Waals surface area contributed by atoms with Crippen LogP contribution in [0.1, 0.15) is 26.2 Å². The van der Waals surface area contributed by atoms with Crippen LogP contribution in [0.3, 0.4) is 0 Å². The average Bonchev–Trinajstić information content (AvgIpc) is 2.33. The molecule has 0 saturated heterocycles. The zero-order chi connectivity index (χ0) is 12.8. The van der Waals surface area contributed by atoms with E-state index in [1.807, 2.05) is 0 Å². The van der Waals surface area contributed by atoms with Gasteiger partial charge in [0.25, 0.3) is 0 Å². The summed E-state index contributed by atoms with van der Waals surface area (Å²) in [5.74, 6) is 0. The molecule has 0 radical (unpaired) electrons. The minimum atomic E-state index is 0.489. The highest BCUT2D eigenvalue weighted by molar-refractivity contribution is 8.84. The Morgan fingerprint density at radius 2 is 1.53 bits per heavy atom. The van der Waals surface area contributed by atoms with Crippen molar-refractivity contribution in [2.24, 2.45) is 10.3 Å². The van der Waals surface area contributed by atoms with Crippen LogP contribution in [0.2, 0.25) is 0 Å². The zero-order valence-corrected chi connectivity index (χ0v) is 13.6. The number of hydrogen-bond donors (Lipinski definition) is 4. The highest BCUT2D eigenvalue weighted by Gasteiger charge is 2.09. The van der Waals surface area contributed by atoms with Gasteiger partial charge in [-0.05, 0) is 67.4 Å². The lowest BCUT2D eigenvalue weighted by molar-refractivity contribution is 0.588. The Morgan fingerprint density at radius 1 is 0.941 bits per heavy atom. The fraction of sp³-hybridized carbons (Fsp3) is 1.00. The third-order valence-electron chi connectivity index (χ3n) is 2.08. The predicted molar refractivity (Wildman–Crippen MR) is 87.8 cm³/mol. The SMILES string of the molecule is CCNCCCNCCCC(SSN)SSN. The van der Waals surface area contributed by atoms with Crippen molar-refractivity contribution < 1.29 is 0 Å². The van der Waals surface area contributed by atoms with Gasteiger partial charge in [0.1, 0.15) is 0 Å². The summed E-state index contributed by atoms with van der Waals surface area (Å²) in [5, 5.41) is 17.7. The Hall–Kier alpha value is 1.24. The molecule has 0 saturated carbocycles. The molecule has 0 aliphatic rings. The molecule has 0 aromatic heterocycles. The van der Waals surface area contributed by atoms with Crippen molar-refractivity contribution in [3.63, 3.8) is 0 Å². The summed E-state index contributed by atoms with van der Waals surface area (Å²) < 4.78 is 0.489. The molecule has 0 fully saturated rings. The standard InChI is InChI=1S/C9H24N4S4/c1-2-12-7-4-8-13-6-3-5-9(14-16-10)15-17-11/h9,12-13H,2-8,10-11H2,1H3. The molecule has 0 bridgehead atoms. The largest absolute Gasteiger partial charge is 0.317 e. The third-order valence-corrected chi connectivity index (χ3v) is 6.57. The maximum Gasteiger partial charge on any atom is 0.0734 e. The highest BCUT2D eigenvalue weighted by atomic mass is 33.1. The Labute approximate surface area is 121 Å². The second-order valence-corrected chi connectivity index (χ2v) is 7.93. The second-order valence-electron chi connectivity index (χ2n) is 3.41. The summed E-state index contributed by atoms with van der Waals surface area (Å²) in [6.07, 6.45) is 3.51. The molecule has 8 heteroatoms. The van der Waals surface area contributed by atoms with Gasteiger partial charge >= 0.3 is 0 Å². The molecule has 0 aliphatic heterocycles. The van der Waals surface area contributed by atoms with Gasteiger partial charge in [0.15, 0.2) is 0 Å². The minimum Gasteiger partial charge on any atom is -0.317 e. The third kappa shape index (κ3) is 13.5. The summed E-state index contributed by atoms with van der Waals surface area (Å²) in [6, 6.07) is 0. The topological polar surface area (TPSA) is 76.1 Å². The molecule has 6 N–H and O–H groups in total. The van der Waals surface area contributed by atoms with Crippen LogP contribution in [-0.4, -0.2) is 30.8 Å². The van der Waals surface area contributed by atoms with E-state index in [0.717, 1.165) is 32.6 Å². The fourth-order valence-corrected chi connectivity index (χ4v) is 5.46. The van der Waals surface area contributed by atoms with Gasteiger partial charge in [0, 0.05) is 0 Å². The first-order chi connectivity index (χ1) is 8.35. The molecule has 0 spiro atoms. The molecule has 0 aliphatic carbocycles. The van der Waals surface area contributed by atoms with E-state index in [-0.39, 0.29) is 0 Å². The summed E-state index contributed by atoms with van der Waals surface area (Å²) in [7, 11) is 6.04. The van der Waals surface area contributed by atoms with Crippen molar-refractivity contribution in [1.29, 1.82) is 0 Å². The van der Waals surface area contributed by atoms with Crippen LogP contribution in [0.5, 0.6) is 0 Å². The van der Waals surface area contributed by atoms with Crippen LogP contribution >= 0.6 is 43.5 Å². The van der Waals surface area contributed by atoms with Gasteiger partial charge in [-0.15, -0.1) is 0 Å². The van der Waals surface area contributed by atoms with E-state index in [1.165, 1.54) is 34.8 Å². The minimum absolute atomic E-state index is 0.489. The Balaban J connectivity index is 3.23. The Morgan fingerprint density at radius 3 is 2.12 bits per heavy atom. The van der Waals surface area contributed by atoms with Crippen LogP contribution in [-0.2, 0) is 0 Å². The molecule has 104 valence electrons. The van der Waals surface area contributed by atoms with Crippen LogP contribution in [0, 0.1) is 0 Å². The van der Waals surface area contributed by atoms with Crippen LogP contribution in [0.15, 0.2) is 0 Å². The summed E-state index contributed by atoms with van der Waals surface area (Å²) in [6.45, 7) is 6.46. The van der Waals surface area contributed by atoms with E-state index in [1.54, 1.807) is 21.6 Å². The van der Waals surface area contributed by atoms with E-state index in [4.69, 9.17) is 10.3 Å². The van der Waals surface area contributed by atoms with Gasteiger partial charge in [-0.25, -0.2) is 0 Å². The lowest BCUT2D eigenvalue weighted by atomic mass is 10.3. The number of hydrogen-bond acceptors (Lipinski definition) is 8. The first-order valence-electron chi connectivity index (χ1n) is 5.81. The number of nitrogens with two attached hydrogens (primary N) is 2. The maximum absolute atomic E-state index is 5.45. The van der Waals surface area contributed by atoms with E-state index < -0.39 is 0 Å². The van der Waals surface area contributed by atoms with Crippen LogP contribution in [0.4, 0.5) is 0 Å². The molecule has 17 heavy (non-hydrogen) atoms. The van der Waals surface area contributed by atoms with Crippen LogP contribution in [0.25, 0.3) is 0 Å². The molecule has 0 heterocycles. The van der Waals surface area contributed by atoms with Gasteiger partial charge in [0.2, 0.25) is 0 Å². The normalized spacial score (nSPS) is 11.3. The fourth-order valence-electron chi connectivity index (χ4n) is 1.27. The predicted octanol–water partition coefficient (Wildman–Crippen LogP) is 2.19. The van der Waals surface area contributed by atoms with Gasteiger partial charge < -0.3 is 10.6 Å². The van der Waals surface area contributed by atoms with Crippen molar-refractivity contribution in [1.82, 2.24) is 10.6 Å². The van der Waals surface area contributed by atoms with Crippen LogP contribution < -0.4 is 20.9 Å². The molecule has 0 unspecified atom stereocenters. The molecular weight excluding hydrogens is 292 g/mol. The molecule has 0 rings (SSSR count). The van der Waals surface area contributed by atoms with Crippen molar-refractivity contribution in [2.75, 3.05) is 26.2 Å². The molecule has 0 aromatic carbocycles. The quantitative estimate of drug-likeness (QED) is 0.178. The van der Waals surface area contributed by atoms with Crippen molar-refractivity contribution >= 4 is 43.5 Å². The zero-order valence-electron chi connectivity index (χ0n) is 10.3. The molecular formula is C9H24N4S4. The lowest BCUT2D eigenvalue weighted by Crippen LogP contribution is -2.22. The first-order valence-corrected chi connectivity index (χ1v) is 10.4. The first kappa shape index (κ1) is 18.2. The lowest BCUT2D eigenvalue weighted by Gasteiger charge is -2.12. The van der Waals surface area contributed by atoms with Gasteiger partial charge in [-0.2, -0.15) is 0 Å². The second kappa shape index (κ2) is 15.3.